The first-order valence-electron chi connectivity index (χ1n) is 13.5. The molecule has 2 amide bonds. The van der Waals surface area contributed by atoms with Crippen LogP contribution in [0.1, 0.15) is 49.1 Å². The summed E-state index contributed by atoms with van der Waals surface area (Å²) in [6.07, 6.45) is -0.130. The zero-order valence-electron chi connectivity index (χ0n) is 23.8. The van der Waals surface area contributed by atoms with Gasteiger partial charge < -0.3 is 24.3 Å². The summed E-state index contributed by atoms with van der Waals surface area (Å²) < 4.78 is 9.62. The van der Waals surface area contributed by atoms with Gasteiger partial charge in [0.15, 0.2) is 0 Å². The summed E-state index contributed by atoms with van der Waals surface area (Å²) in [4.78, 5) is 29.8. The third-order valence-electron chi connectivity index (χ3n) is 6.57. The van der Waals surface area contributed by atoms with Gasteiger partial charge in [0, 0.05) is 6.54 Å². The second kappa shape index (κ2) is 12.3. The minimum Gasteiger partial charge on any atom is -0.442 e. The highest BCUT2D eigenvalue weighted by Gasteiger charge is 2.23. The van der Waals surface area contributed by atoms with Gasteiger partial charge in [-0.25, -0.2) is 4.79 Å². The smallest absolute Gasteiger partial charge is 0.437 e. The van der Waals surface area contributed by atoms with Gasteiger partial charge in [-0.3, -0.25) is 4.79 Å². The highest BCUT2D eigenvalue weighted by Crippen LogP contribution is 2.22. The lowest BCUT2D eigenvalue weighted by molar-refractivity contribution is -0.123. The van der Waals surface area contributed by atoms with E-state index in [1.807, 2.05) is 47.2 Å². The largest absolute Gasteiger partial charge is 0.442 e. The van der Waals surface area contributed by atoms with Crippen LogP contribution in [-0.4, -0.2) is 45.0 Å². The summed E-state index contributed by atoms with van der Waals surface area (Å²) in [5.74, 6) is -0.469. The molecule has 4 aromatic rings. The number of carbonyl (C=O) groups excluding carboxylic acids is 2. The van der Waals surface area contributed by atoms with E-state index in [1.165, 1.54) is 0 Å². The number of aliphatic hydroxyl groups is 1. The summed E-state index contributed by atoms with van der Waals surface area (Å²) in [7, 11) is 0. The number of fused-ring (bicyclic) bond motifs is 1. The predicted molar refractivity (Wildman–Crippen MR) is 156 cm³/mol. The first kappa shape index (κ1) is 28.8. The minimum absolute atomic E-state index is 0.229. The van der Waals surface area contributed by atoms with Crippen molar-refractivity contribution in [1.29, 1.82) is 0 Å². The molecule has 0 bridgehead atoms. The first-order valence-corrected chi connectivity index (χ1v) is 13.5. The van der Waals surface area contributed by atoms with Crippen molar-refractivity contribution in [3.8, 4) is 0 Å². The van der Waals surface area contributed by atoms with Gasteiger partial charge in [0.25, 0.3) is 0 Å². The van der Waals surface area contributed by atoms with E-state index < -0.39 is 24.2 Å². The van der Waals surface area contributed by atoms with Crippen LogP contribution in [0.2, 0.25) is 0 Å². The van der Waals surface area contributed by atoms with Gasteiger partial charge in [0.2, 0.25) is 11.5 Å². The molecule has 0 aliphatic heterocycles. The molecule has 1 aromatic heterocycles. The van der Waals surface area contributed by atoms with Crippen LogP contribution in [0, 0.1) is 13.8 Å². The zero-order chi connectivity index (χ0) is 28.9. The lowest BCUT2D eigenvalue weighted by atomic mass is 10.0. The quantitative estimate of drug-likeness (QED) is 0.333. The van der Waals surface area contributed by atoms with Gasteiger partial charge in [-0.2, -0.15) is 0 Å². The number of aliphatic hydroxyl groups excluding tert-OH is 1. The molecule has 3 aromatic carbocycles. The van der Waals surface area contributed by atoms with Gasteiger partial charge in [-0.05, 0) is 64.3 Å². The van der Waals surface area contributed by atoms with E-state index in [0.717, 1.165) is 33.3 Å². The molecule has 1 atom stereocenters. The minimum atomic E-state index is -0.713. The molecule has 0 spiro atoms. The van der Waals surface area contributed by atoms with E-state index in [4.69, 9.17) is 4.74 Å². The van der Waals surface area contributed by atoms with Crippen molar-refractivity contribution in [2.24, 2.45) is 4.99 Å². The van der Waals surface area contributed by atoms with Gasteiger partial charge >= 0.3 is 6.09 Å². The summed E-state index contributed by atoms with van der Waals surface area (Å²) >= 11 is 0. The van der Waals surface area contributed by atoms with Crippen LogP contribution >= 0.6 is 0 Å². The van der Waals surface area contributed by atoms with E-state index in [-0.39, 0.29) is 12.6 Å². The Kier molecular flexibility index (Phi) is 8.90. The fraction of sp³-hybridized carbons (Fsp3) is 0.344. The van der Waals surface area contributed by atoms with Crippen LogP contribution in [0.4, 0.5) is 4.79 Å². The average molecular weight is 543 g/mol. The molecule has 0 saturated carbocycles. The molecule has 0 aliphatic rings. The second-order valence-electron chi connectivity index (χ2n) is 11.1. The molecule has 0 fully saturated rings. The highest BCUT2D eigenvalue weighted by atomic mass is 16.6. The van der Waals surface area contributed by atoms with Crippen molar-refractivity contribution in [3.05, 3.63) is 101 Å². The molecule has 0 aliphatic carbocycles. The van der Waals surface area contributed by atoms with Gasteiger partial charge in [0.05, 0.1) is 23.6 Å². The second-order valence-corrected chi connectivity index (χ2v) is 11.1. The molecule has 8 nitrogen and oxygen atoms in total. The molecule has 210 valence electrons. The van der Waals surface area contributed by atoms with E-state index in [1.54, 1.807) is 20.8 Å². The number of carbonyl (C=O) groups is 2. The maximum Gasteiger partial charge on any atom is 0.437 e. The summed E-state index contributed by atoms with van der Waals surface area (Å²) in [6, 6.07) is 24.1. The number of aryl methyl sites for hydroxylation is 2. The Hall–Kier alpha value is -4.17. The fourth-order valence-electron chi connectivity index (χ4n) is 4.65. The van der Waals surface area contributed by atoms with E-state index in [0.29, 0.717) is 18.6 Å². The molecule has 1 heterocycles. The number of benzene rings is 3. The summed E-state index contributed by atoms with van der Waals surface area (Å²) in [5.41, 5.74) is 5.91. The number of rotatable bonds is 8. The number of aromatic nitrogens is 2. The molecule has 1 unspecified atom stereocenters. The Morgan fingerprint density at radius 1 is 0.900 bits per heavy atom. The maximum atomic E-state index is 13.1. The Labute approximate surface area is 234 Å². The van der Waals surface area contributed by atoms with E-state index in [9.17, 15) is 14.7 Å². The van der Waals surface area contributed by atoms with Crippen molar-refractivity contribution in [2.45, 2.75) is 59.2 Å². The van der Waals surface area contributed by atoms with Crippen molar-refractivity contribution < 1.29 is 19.4 Å². The van der Waals surface area contributed by atoms with E-state index >= 15 is 0 Å². The number of ether oxygens (including phenoxy) is 1. The number of hydrogen-bond acceptors (Lipinski definition) is 4. The van der Waals surface area contributed by atoms with Crippen LogP contribution in [-0.2, 0) is 22.5 Å². The van der Waals surface area contributed by atoms with Gasteiger partial charge in [0.1, 0.15) is 12.2 Å². The Balaban J connectivity index is 1.94. The molecule has 8 heteroatoms. The number of hydrogen-bond donors (Lipinski definition) is 2. The topological polar surface area (TPSA) is 97.8 Å². The Morgan fingerprint density at radius 2 is 1.48 bits per heavy atom. The van der Waals surface area contributed by atoms with E-state index in [2.05, 4.69) is 58.8 Å². The molecule has 0 saturated heterocycles. The summed E-state index contributed by atoms with van der Waals surface area (Å²) in [6.45, 7) is 9.61. The molecular formula is C32H38N4O4. The number of nitrogens with zero attached hydrogens (tertiary/aromatic N) is 3. The van der Waals surface area contributed by atoms with Crippen LogP contribution < -0.4 is 10.9 Å². The normalized spacial score (nSPS) is 12.9. The number of para-hydroxylation sites is 2. The van der Waals surface area contributed by atoms with Gasteiger partial charge in [-0.1, -0.05) is 71.8 Å². The number of nitrogens with one attached hydrogen (secondary N) is 1. The lowest BCUT2D eigenvalue weighted by Crippen LogP contribution is -2.39. The van der Waals surface area contributed by atoms with Gasteiger partial charge in [-0.15, -0.1) is 4.99 Å². The lowest BCUT2D eigenvalue weighted by Gasteiger charge is -2.21. The van der Waals surface area contributed by atoms with Crippen LogP contribution in [0.25, 0.3) is 11.0 Å². The Bertz CT molecular complexity index is 1540. The number of imidazole rings is 1. The molecule has 40 heavy (non-hydrogen) atoms. The van der Waals surface area contributed by atoms with Crippen LogP contribution in [0.3, 0.4) is 0 Å². The monoisotopic (exact) mass is 542 g/mol. The standard InChI is InChI=1S/C32H38N4O4/c1-22-10-14-24(15-11-22)18-26(19-33-29(38)21-37)36-28-9-7-6-8-27(28)35(20-25-16-12-23(2)13-17-25)30(36)34-31(39)40-32(3,4)5/h6-17,26,37H,18-21H2,1-5H3,(H,33,38). The average Bonchev–Trinajstić information content (AvgIpc) is 3.20. The summed E-state index contributed by atoms with van der Waals surface area (Å²) in [5, 5.41) is 12.2. The molecule has 2 N–H and O–H groups in total. The fourth-order valence-corrected chi connectivity index (χ4v) is 4.65. The van der Waals surface area contributed by atoms with Crippen molar-refractivity contribution >= 4 is 23.0 Å². The predicted octanol–water partition coefficient (Wildman–Crippen LogP) is 4.84. The molecule has 4 rings (SSSR count). The van der Waals surface area contributed by atoms with Crippen LogP contribution in [0.5, 0.6) is 0 Å². The van der Waals surface area contributed by atoms with Crippen molar-refractivity contribution in [3.63, 3.8) is 0 Å². The molecular weight excluding hydrogens is 504 g/mol. The highest BCUT2D eigenvalue weighted by molar-refractivity contribution is 5.78. The SMILES string of the molecule is Cc1ccc(CC(CNC(=O)CO)n2c(=NC(=O)OC(C)(C)C)n(Cc3ccc(C)cc3)c3ccccc32)cc1. The zero-order valence-corrected chi connectivity index (χ0v) is 23.8. The van der Waals surface area contributed by atoms with Crippen LogP contribution in [0.15, 0.2) is 77.8 Å². The van der Waals surface area contributed by atoms with Crippen molar-refractivity contribution in [1.82, 2.24) is 14.5 Å². The third kappa shape index (κ3) is 7.27. The van der Waals surface area contributed by atoms with Crippen molar-refractivity contribution in [2.75, 3.05) is 13.2 Å². The maximum absolute atomic E-state index is 13.1. The first-order chi connectivity index (χ1) is 19.0. The third-order valence-corrected chi connectivity index (χ3v) is 6.57. The number of amides is 2. The molecule has 0 radical (unpaired) electrons. The Morgan fingerprint density at radius 3 is 2.05 bits per heavy atom.